The number of nitrogens with one attached hydrogen (secondary N) is 1. The number of methoxy groups -OCH3 is 1. The number of nitrogens with two attached hydrogens (primary N) is 1. The van der Waals surface area contributed by atoms with Gasteiger partial charge in [0.05, 0.1) is 30.3 Å². The normalized spacial score (nSPS) is 17.7. The Bertz CT molecular complexity index is 1740. The number of hydrogen-bond donors (Lipinski definition) is 3. The Hall–Kier alpha value is -4.79. The molecule has 5 rings (SSSR count). The first kappa shape index (κ1) is 29.7. The van der Waals surface area contributed by atoms with E-state index in [4.69, 9.17) is 15.2 Å². The van der Waals surface area contributed by atoms with Gasteiger partial charge in [-0.15, -0.1) is 0 Å². The summed E-state index contributed by atoms with van der Waals surface area (Å²) in [4.78, 5) is 28.7. The number of pyridine rings is 2. The number of ether oxygens (including phenoxy) is 2. The Balaban J connectivity index is 1.56. The highest BCUT2D eigenvalue weighted by Gasteiger charge is 2.57. The molecule has 0 aliphatic carbocycles. The molecular formula is C28H24F5N5O5. The molecular weight excluding hydrogens is 581 g/mol. The van der Waals surface area contributed by atoms with Crippen LogP contribution in [-0.2, 0) is 11.0 Å². The third-order valence-corrected chi connectivity index (χ3v) is 7.22. The van der Waals surface area contributed by atoms with Gasteiger partial charge in [-0.3, -0.25) is 9.59 Å². The highest BCUT2D eigenvalue weighted by Crippen LogP contribution is 2.48. The molecule has 2 amide bonds. The molecule has 2 atom stereocenters. The van der Waals surface area contributed by atoms with Gasteiger partial charge in [-0.05, 0) is 49.4 Å². The fraction of sp³-hybridized carbons (Fsp3) is 0.286. The molecule has 0 fully saturated rings. The Kier molecular flexibility index (Phi) is 7.24. The molecule has 1 aromatic carbocycles. The summed E-state index contributed by atoms with van der Waals surface area (Å²) in [5.74, 6) is -2.54. The van der Waals surface area contributed by atoms with Crippen molar-refractivity contribution < 1.29 is 46.1 Å². The fourth-order valence-electron chi connectivity index (χ4n) is 4.68. The summed E-state index contributed by atoms with van der Waals surface area (Å²) < 4.78 is 83.5. The number of benzene rings is 1. The van der Waals surface area contributed by atoms with Crippen molar-refractivity contribution in [1.82, 2.24) is 19.9 Å². The topological polar surface area (TPSA) is 141 Å². The summed E-state index contributed by atoms with van der Waals surface area (Å²) in [5, 5.41) is 17.2. The second kappa shape index (κ2) is 10.5. The number of rotatable bonds is 8. The molecule has 3 aromatic heterocycles. The van der Waals surface area contributed by atoms with E-state index in [1.807, 2.05) is 0 Å². The number of primary amides is 1. The zero-order valence-corrected chi connectivity index (χ0v) is 22.6. The fourth-order valence-corrected chi connectivity index (χ4v) is 4.68. The van der Waals surface area contributed by atoms with Crippen LogP contribution in [0.25, 0.3) is 16.8 Å². The van der Waals surface area contributed by atoms with Gasteiger partial charge in [0.1, 0.15) is 30.5 Å². The van der Waals surface area contributed by atoms with Crippen LogP contribution in [0.4, 0.5) is 22.0 Å². The van der Waals surface area contributed by atoms with Crippen molar-refractivity contribution in [2.24, 2.45) is 5.73 Å². The maximum absolute atomic E-state index is 14.6. The number of amides is 2. The van der Waals surface area contributed by atoms with E-state index in [0.29, 0.717) is 0 Å². The molecule has 43 heavy (non-hydrogen) atoms. The largest absolute Gasteiger partial charge is 0.490 e. The van der Waals surface area contributed by atoms with Gasteiger partial charge in [-0.2, -0.15) is 18.3 Å². The Labute approximate surface area is 240 Å². The number of nitrogens with zero attached hydrogens (tertiary/aromatic N) is 3. The second-order valence-electron chi connectivity index (χ2n) is 10.3. The van der Waals surface area contributed by atoms with Crippen molar-refractivity contribution in [3.63, 3.8) is 0 Å². The van der Waals surface area contributed by atoms with Gasteiger partial charge in [-0.25, -0.2) is 18.3 Å². The first-order valence-electron chi connectivity index (χ1n) is 12.7. The highest BCUT2D eigenvalue weighted by atomic mass is 19.4. The molecule has 1 aliphatic rings. The highest BCUT2D eigenvalue weighted by molar-refractivity contribution is 5.97. The van der Waals surface area contributed by atoms with Gasteiger partial charge in [-0.1, -0.05) is 0 Å². The average Bonchev–Trinajstić information content (AvgIpc) is 3.56. The van der Waals surface area contributed by atoms with Crippen molar-refractivity contribution in [3.05, 3.63) is 76.9 Å². The molecule has 0 saturated carbocycles. The summed E-state index contributed by atoms with van der Waals surface area (Å²) >= 11 is 0. The average molecular weight is 606 g/mol. The summed E-state index contributed by atoms with van der Waals surface area (Å²) in [6.45, 7) is -1.16. The van der Waals surface area contributed by atoms with Gasteiger partial charge >= 0.3 is 6.18 Å². The van der Waals surface area contributed by atoms with E-state index in [1.165, 1.54) is 38.3 Å². The summed E-state index contributed by atoms with van der Waals surface area (Å²) in [7, 11) is 1.25. The van der Waals surface area contributed by atoms with E-state index in [2.05, 4.69) is 15.4 Å². The molecule has 4 heterocycles. The molecule has 4 N–H and O–H groups in total. The van der Waals surface area contributed by atoms with Crippen molar-refractivity contribution >= 4 is 17.3 Å². The first-order valence-corrected chi connectivity index (χ1v) is 12.7. The smallest absolute Gasteiger partial charge is 0.424 e. The number of halogens is 5. The van der Waals surface area contributed by atoms with Crippen molar-refractivity contribution in [2.75, 3.05) is 26.9 Å². The monoisotopic (exact) mass is 605 g/mol. The lowest BCUT2D eigenvalue weighted by Gasteiger charge is -2.31. The maximum atomic E-state index is 14.6. The molecule has 0 spiro atoms. The molecule has 4 aromatic rings. The molecule has 10 nitrogen and oxygen atoms in total. The summed E-state index contributed by atoms with van der Waals surface area (Å²) in [6, 6.07) is 9.19. The molecule has 0 saturated heterocycles. The number of carbonyl (C=O) groups excluding carboxylic acids is 2. The summed E-state index contributed by atoms with van der Waals surface area (Å²) in [5.41, 5.74) is -0.931. The third kappa shape index (κ3) is 5.09. The Morgan fingerprint density at radius 1 is 1.19 bits per heavy atom. The maximum Gasteiger partial charge on any atom is 0.424 e. The van der Waals surface area contributed by atoms with Crippen LogP contribution in [0.1, 0.15) is 39.0 Å². The number of alkyl halides is 4. The number of aliphatic hydroxyl groups is 1. The van der Waals surface area contributed by atoms with Crippen LogP contribution in [-0.4, -0.2) is 64.6 Å². The molecule has 1 aliphatic heterocycles. The lowest BCUT2D eigenvalue weighted by molar-refractivity contribution is -0.265. The van der Waals surface area contributed by atoms with Crippen molar-refractivity contribution in [3.8, 4) is 22.9 Å². The Morgan fingerprint density at radius 2 is 1.88 bits per heavy atom. The number of fused-ring (bicyclic) bond motifs is 2. The number of hydrogen-bond acceptors (Lipinski definition) is 7. The summed E-state index contributed by atoms with van der Waals surface area (Å²) in [6.07, 6.45) is -5.38. The van der Waals surface area contributed by atoms with E-state index in [9.17, 15) is 36.6 Å². The quantitative estimate of drug-likeness (QED) is 0.262. The molecule has 15 heteroatoms. The Morgan fingerprint density at radius 3 is 2.49 bits per heavy atom. The number of aromatic nitrogens is 3. The van der Waals surface area contributed by atoms with E-state index in [-0.39, 0.29) is 51.8 Å². The standard InChI is InChI=1S/C28H24F5N5O5/c1-26(11-29)13-43-23-18(26)10-20(36-22(23)14-3-5-16(30)6-4-14)27(41,28(31,32)33)12-35-25(40)15-7-17-9-19(24(34)39)37-38(17)21(8-15)42-2/h3-10,41H,11-13H2,1-2H3,(H2,34,39)(H,35,40)/t26-,27-/m0/s1. The van der Waals surface area contributed by atoms with Crippen LogP contribution in [0.2, 0.25) is 0 Å². The first-order chi connectivity index (χ1) is 20.2. The predicted molar refractivity (Wildman–Crippen MR) is 141 cm³/mol. The van der Waals surface area contributed by atoms with Crippen LogP contribution < -0.4 is 20.5 Å². The van der Waals surface area contributed by atoms with Crippen LogP contribution in [0.3, 0.4) is 0 Å². The minimum atomic E-state index is -5.38. The third-order valence-electron chi connectivity index (χ3n) is 7.22. The van der Waals surface area contributed by atoms with Gasteiger partial charge in [0.2, 0.25) is 11.5 Å². The van der Waals surface area contributed by atoms with E-state index in [0.717, 1.165) is 28.8 Å². The van der Waals surface area contributed by atoms with E-state index < -0.39 is 53.7 Å². The zero-order valence-electron chi connectivity index (χ0n) is 22.6. The predicted octanol–water partition coefficient (Wildman–Crippen LogP) is 3.44. The van der Waals surface area contributed by atoms with Crippen LogP contribution in [0.5, 0.6) is 11.6 Å². The molecule has 0 bridgehead atoms. The minimum Gasteiger partial charge on any atom is -0.490 e. The van der Waals surface area contributed by atoms with Crippen LogP contribution >= 0.6 is 0 Å². The molecule has 0 unspecified atom stereocenters. The molecule has 0 radical (unpaired) electrons. The van der Waals surface area contributed by atoms with Gasteiger partial charge in [0, 0.05) is 22.8 Å². The zero-order chi connectivity index (χ0) is 31.3. The van der Waals surface area contributed by atoms with E-state index in [1.54, 1.807) is 0 Å². The molecule has 226 valence electrons. The van der Waals surface area contributed by atoms with Gasteiger partial charge in [0.15, 0.2) is 5.69 Å². The van der Waals surface area contributed by atoms with Gasteiger partial charge < -0.3 is 25.6 Å². The minimum absolute atomic E-state index is 0.000559. The van der Waals surface area contributed by atoms with Crippen molar-refractivity contribution in [1.29, 1.82) is 0 Å². The lowest BCUT2D eigenvalue weighted by atomic mass is 9.83. The SMILES string of the molecule is COc1cc(C(=O)NC[C@](O)(c2cc3c(c(-c4ccc(F)cc4)n2)OC[C@]3(C)CF)C(F)(F)F)cc2cc(C(N)=O)nn12. The van der Waals surface area contributed by atoms with Crippen molar-refractivity contribution in [2.45, 2.75) is 24.1 Å². The van der Waals surface area contributed by atoms with Gasteiger partial charge in [0.25, 0.3) is 11.8 Å². The van der Waals surface area contributed by atoms with E-state index >= 15 is 0 Å². The second-order valence-corrected chi connectivity index (χ2v) is 10.3. The number of carbonyl (C=O) groups is 2. The van der Waals surface area contributed by atoms with Crippen LogP contribution in [0.15, 0.2) is 48.5 Å². The van der Waals surface area contributed by atoms with Crippen LogP contribution in [0, 0.1) is 5.82 Å². The lowest BCUT2D eigenvalue weighted by Crippen LogP contribution is -2.51.